The topological polar surface area (TPSA) is 96.1 Å². The lowest BCUT2D eigenvalue weighted by Crippen LogP contribution is -2.33. The van der Waals surface area contributed by atoms with E-state index < -0.39 is 10.0 Å². The Labute approximate surface area is 107 Å². The van der Waals surface area contributed by atoms with Gasteiger partial charge in [-0.3, -0.25) is 0 Å². The minimum absolute atomic E-state index is 0.108. The molecule has 0 fully saturated rings. The molecular weight excluding hydrogens is 256 g/mol. The highest BCUT2D eigenvalue weighted by atomic mass is 32.2. The van der Waals surface area contributed by atoms with Crippen molar-refractivity contribution in [2.24, 2.45) is 0 Å². The van der Waals surface area contributed by atoms with Gasteiger partial charge in [-0.2, -0.15) is 0 Å². The average Bonchev–Trinajstić information content (AvgIpc) is 2.83. The number of methoxy groups -OCH3 is 1. The fourth-order valence-electron chi connectivity index (χ4n) is 1.31. The quantitative estimate of drug-likeness (QED) is 0.528. The van der Waals surface area contributed by atoms with Crippen molar-refractivity contribution in [1.82, 2.24) is 20.0 Å². The second kappa shape index (κ2) is 7.47. The summed E-state index contributed by atoms with van der Waals surface area (Å²) in [6, 6.07) is 0. The van der Waals surface area contributed by atoms with E-state index in [0.29, 0.717) is 38.5 Å². The van der Waals surface area contributed by atoms with Gasteiger partial charge in [0.25, 0.3) is 10.0 Å². The molecule has 0 aliphatic heterocycles. The van der Waals surface area contributed by atoms with Crippen molar-refractivity contribution in [3.05, 3.63) is 12.0 Å². The fraction of sp³-hybridized carbons (Fsp3) is 0.700. The molecule has 1 aromatic heterocycles. The molecule has 0 aliphatic carbocycles. The summed E-state index contributed by atoms with van der Waals surface area (Å²) in [5, 5.41) is 3.16. The van der Waals surface area contributed by atoms with Crippen LogP contribution in [-0.2, 0) is 21.2 Å². The summed E-state index contributed by atoms with van der Waals surface area (Å²) < 4.78 is 31.0. The molecule has 0 unspecified atom stereocenters. The molecule has 7 nitrogen and oxygen atoms in total. The van der Waals surface area contributed by atoms with Gasteiger partial charge in [0.1, 0.15) is 5.82 Å². The van der Waals surface area contributed by atoms with Crippen LogP contribution in [0.2, 0.25) is 0 Å². The van der Waals surface area contributed by atoms with Crippen LogP contribution in [0.4, 0.5) is 0 Å². The first-order chi connectivity index (χ1) is 8.60. The van der Waals surface area contributed by atoms with Crippen LogP contribution in [0.1, 0.15) is 12.7 Å². The Kier molecular flexibility index (Phi) is 6.27. The van der Waals surface area contributed by atoms with E-state index in [2.05, 4.69) is 20.0 Å². The molecular formula is C10H20N4O3S. The standard InChI is InChI=1S/C10H20N4O3S/c1-3-9-12-8-10(14-9)18(15,16)13-5-4-11-6-7-17-2/h8,11,13H,3-7H2,1-2H3,(H,12,14). The zero-order chi connectivity index (χ0) is 13.4. The maximum atomic E-state index is 11.8. The molecule has 1 heterocycles. The minimum Gasteiger partial charge on any atom is -0.383 e. The Balaban J connectivity index is 2.36. The van der Waals surface area contributed by atoms with E-state index in [4.69, 9.17) is 4.74 Å². The van der Waals surface area contributed by atoms with Gasteiger partial charge in [-0.1, -0.05) is 6.92 Å². The number of aromatic nitrogens is 2. The zero-order valence-corrected chi connectivity index (χ0v) is 11.5. The SMILES string of the molecule is CCc1ncc(S(=O)(=O)NCCNCCOC)[nH]1. The van der Waals surface area contributed by atoms with Crippen molar-refractivity contribution >= 4 is 10.0 Å². The summed E-state index contributed by atoms with van der Waals surface area (Å²) in [6.07, 6.45) is 2.01. The van der Waals surface area contributed by atoms with E-state index in [1.165, 1.54) is 6.20 Å². The van der Waals surface area contributed by atoms with Crippen LogP contribution in [0, 0.1) is 0 Å². The van der Waals surface area contributed by atoms with Crippen molar-refractivity contribution < 1.29 is 13.2 Å². The third-order valence-corrected chi connectivity index (χ3v) is 3.68. The number of aryl methyl sites for hydroxylation is 1. The van der Waals surface area contributed by atoms with Gasteiger partial charge < -0.3 is 15.0 Å². The molecule has 0 aromatic carbocycles. The lowest BCUT2D eigenvalue weighted by molar-refractivity contribution is 0.199. The Hall–Kier alpha value is -0.960. The van der Waals surface area contributed by atoms with Crippen LogP contribution >= 0.6 is 0 Å². The van der Waals surface area contributed by atoms with Gasteiger partial charge >= 0.3 is 0 Å². The summed E-state index contributed by atoms with van der Waals surface area (Å²) in [7, 11) is -1.86. The summed E-state index contributed by atoms with van der Waals surface area (Å²) in [5.41, 5.74) is 0. The van der Waals surface area contributed by atoms with Gasteiger partial charge in [0.2, 0.25) is 0 Å². The maximum absolute atomic E-state index is 11.8. The van der Waals surface area contributed by atoms with Gasteiger partial charge in [0, 0.05) is 33.2 Å². The molecule has 0 saturated heterocycles. The molecule has 1 rings (SSSR count). The number of nitrogens with zero attached hydrogens (tertiary/aromatic N) is 1. The first kappa shape index (κ1) is 15.1. The van der Waals surface area contributed by atoms with Crippen molar-refractivity contribution in [3.63, 3.8) is 0 Å². The van der Waals surface area contributed by atoms with Crippen LogP contribution in [0.5, 0.6) is 0 Å². The number of sulfonamides is 1. The highest BCUT2D eigenvalue weighted by molar-refractivity contribution is 7.89. The van der Waals surface area contributed by atoms with E-state index in [1.54, 1.807) is 7.11 Å². The molecule has 18 heavy (non-hydrogen) atoms. The van der Waals surface area contributed by atoms with Gasteiger partial charge in [0.15, 0.2) is 5.03 Å². The van der Waals surface area contributed by atoms with Gasteiger partial charge in [-0.05, 0) is 0 Å². The number of imidazole rings is 1. The highest BCUT2D eigenvalue weighted by Gasteiger charge is 2.15. The Morgan fingerprint density at radius 3 is 2.78 bits per heavy atom. The fourth-order valence-corrected chi connectivity index (χ4v) is 2.28. The maximum Gasteiger partial charge on any atom is 0.257 e. The average molecular weight is 276 g/mol. The van der Waals surface area contributed by atoms with E-state index in [9.17, 15) is 8.42 Å². The molecule has 3 N–H and O–H groups in total. The van der Waals surface area contributed by atoms with Crippen LogP contribution in [0.15, 0.2) is 11.2 Å². The normalized spacial score (nSPS) is 11.9. The summed E-state index contributed by atoms with van der Waals surface area (Å²) in [6.45, 7) is 4.09. The van der Waals surface area contributed by atoms with Gasteiger partial charge in [-0.25, -0.2) is 18.1 Å². The zero-order valence-electron chi connectivity index (χ0n) is 10.7. The number of aromatic amines is 1. The van der Waals surface area contributed by atoms with Crippen molar-refractivity contribution in [3.8, 4) is 0 Å². The van der Waals surface area contributed by atoms with E-state index >= 15 is 0 Å². The van der Waals surface area contributed by atoms with E-state index in [-0.39, 0.29) is 5.03 Å². The van der Waals surface area contributed by atoms with Crippen molar-refractivity contribution in [2.45, 2.75) is 18.4 Å². The second-order valence-corrected chi connectivity index (χ2v) is 5.42. The molecule has 0 atom stereocenters. The number of hydrogen-bond acceptors (Lipinski definition) is 5. The predicted molar refractivity (Wildman–Crippen MR) is 67.9 cm³/mol. The van der Waals surface area contributed by atoms with Crippen LogP contribution in [0.3, 0.4) is 0 Å². The molecule has 1 aromatic rings. The molecule has 0 amide bonds. The molecule has 8 heteroatoms. The largest absolute Gasteiger partial charge is 0.383 e. The summed E-state index contributed by atoms with van der Waals surface area (Å²) >= 11 is 0. The summed E-state index contributed by atoms with van der Waals surface area (Å²) in [4.78, 5) is 6.73. The number of H-pyrrole nitrogens is 1. The molecule has 0 spiro atoms. The smallest absolute Gasteiger partial charge is 0.257 e. The Morgan fingerprint density at radius 1 is 1.39 bits per heavy atom. The van der Waals surface area contributed by atoms with Gasteiger partial charge in [0.05, 0.1) is 12.8 Å². The van der Waals surface area contributed by atoms with E-state index in [1.807, 2.05) is 6.92 Å². The van der Waals surface area contributed by atoms with E-state index in [0.717, 1.165) is 0 Å². The minimum atomic E-state index is -3.48. The van der Waals surface area contributed by atoms with Gasteiger partial charge in [-0.15, -0.1) is 0 Å². The Morgan fingerprint density at radius 2 is 2.17 bits per heavy atom. The molecule has 0 aliphatic rings. The molecule has 0 saturated carbocycles. The van der Waals surface area contributed by atoms with Crippen LogP contribution in [-0.4, -0.2) is 51.7 Å². The third-order valence-electron chi connectivity index (χ3n) is 2.31. The molecule has 0 radical (unpaired) electrons. The molecule has 104 valence electrons. The first-order valence-corrected chi connectivity index (χ1v) is 7.31. The number of nitrogens with one attached hydrogen (secondary N) is 3. The number of rotatable bonds is 9. The lowest BCUT2D eigenvalue weighted by atomic mass is 10.5. The summed E-state index contributed by atoms with van der Waals surface area (Å²) in [5.74, 6) is 0.661. The monoisotopic (exact) mass is 276 g/mol. The third kappa shape index (κ3) is 4.73. The number of ether oxygens (including phenoxy) is 1. The number of hydrogen-bond donors (Lipinski definition) is 3. The van der Waals surface area contributed by atoms with Crippen LogP contribution in [0.25, 0.3) is 0 Å². The Bertz CT molecular complexity index is 444. The second-order valence-electron chi connectivity index (χ2n) is 3.69. The van der Waals surface area contributed by atoms with Crippen molar-refractivity contribution in [1.29, 1.82) is 0 Å². The predicted octanol–water partition coefficient (Wildman–Crippen LogP) is -0.514. The van der Waals surface area contributed by atoms with Crippen LogP contribution < -0.4 is 10.0 Å². The molecule has 0 bridgehead atoms. The lowest BCUT2D eigenvalue weighted by Gasteiger charge is -2.06. The van der Waals surface area contributed by atoms with Crippen molar-refractivity contribution in [2.75, 3.05) is 33.4 Å². The highest BCUT2D eigenvalue weighted by Crippen LogP contribution is 2.04. The first-order valence-electron chi connectivity index (χ1n) is 5.83.